The number of aryl methyl sites for hydroxylation is 1. The van der Waals surface area contributed by atoms with Gasteiger partial charge in [0.05, 0.1) is 17.6 Å². The van der Waals surface area contributed by atoms with Gasteiger partial charge < -0.3 is 9.32 Å². The van der Waals surface area contributed by atoms with Crippen LogP contribution in [-0.4, -0.2) is 45.4 Å². The minimum atomic E-state index is 0.0363. The standard InChI is InChI=1S/C14H18N4O2S/c1-5-7-18-13(11-6-8-20-10(11)2)15-16-14(18)21-9-12(19)17(3)4/h5-6,8H,1,7,9H2,2-4H3. The molecule has 7 heteroatoms. The van der Waals surface area contributed by atoms with E-state index in [1.54, 1.807) is 31.3 Å². The van der Waals surface area contributed by atoms with Crippen molar-refractivity contribution in [1.82, 2.24) is 19.7 Å². The number of allylic oxidation sites excluding steroid dienone is 1. The van der Waals surface area contributed by atoms with Gasteiger partial charge in [-0.05, 0) is 13.0 Å². The zero-order valence-corrected chi connectivity index (χ0v) is 13.2. The Morgan fingerprint density at radius 3 is 2.86 bits per heavy atom. The molecule has 2 rings (SSSR count). The maximum atomic E-state index is 11.7. The molecule has 21 heavy (non-hydrogen) atoms. The van der Waals surface area contributed by atoms with Crippen LogP contribution in [0.1, 0.15) is 5.76 Å². The lowest BCUT2D eigenvalue weighted by Crippen LogP contribution is -2.23. The number of amides is 1. The molecule has 0 N–H and O–H groups in total. The number of rotatable bonds is 6. The highest BCUT2D eigenvalue weighted by molar-refractivity contribution is 7.99. The Morgan fingerprint density at radius 1 is 1.52 bits per heavy atom. The van der Waals surface area contributed by atoms with E-state index in [1.165, 1.54) is 11.8 Å². The molecule has 2 aromatic rings. The molecule has 0 fully saturated rings. The van der Waals surface area contributed by atoms with E-state index in [0.29, 0.717) is 17.5 Å². The minimum absolute atomic E-state index is 0.0363. The molecule has 0 aliphatic heterocycles. The smallest absolute Gasteiger partial charge is 0.232 e. The Labute approximate surface area is 127 Å². The lowest BCUT2D eigenvalue weighted by Gasteiger charge is -2.10. The molecule has 0 bridgehead atoms. The number of hydrogen-bond donors (Lipinski definition) is 0. The number of carbonyl (C=O) groups is 1. The number of aromatic nitrogens is 3. The fourth-order valence-corrected chi connectivity index (χ4v) is 2.69. The van der Waals surface area contributed by atoms with Crippen molar-refractivity contribution in [2.24, 2.45) is 0 Å². The summed E-state index contributed by atoms with van der Waals surface area (Å²) in [6.45, 7) is 6.22. The van der Waals surface area contributed by atoms with Crippen LogP contribution in [-0.2, 0) is 11.3 Å². The van der Waals surface area contributed by atoms with Gasteiger partial charge in [-0.15, -0.1) is 16.8 Å². The predicted molar refractivity (Wildman–Crippen MR) is 82.1 cm³/mol. The summed E-state index contributed by atoms with van der Waals surface area (Å²) in [5, 5.41) is 9.09. The maximum Gasteiger partial charge on any atom is 0.232 e. The average Bonchev–Trinajstić information content (AvgIpc) is 3.03. The van der Waals surface area contributed by atoms with Gasteiger partial charge in [-0.1, -0.05) is 17.8 Å². The fraction of sp³-hybridized carbons (Fsp3) is 0.357. The van der Waals surface area contributed by atoms with E-state index >= 15 is 0 Å². The summed E-state index contributed by atoms with van der Waals surface area (Å²) in [4.78, 5) is 13.2. The molecule has 6 nitrogen and oxygen atoms in total. The second kappa shape index (κ2) is 6.62. The Bertz CT molecular complexity index is 645. The largest absolute Gasteiger partial charge is 0.469 e. The highest BCUT2D eigenvalue weighted by Gasteiger charge is 2.17. The van der Waals surface area contributed by atoms with Crippen molar-refractivity contribution in [3.05, 3.63) is 30.7 Å². The Morgan fingerprint density at radius 2 is 2.29 bits per heavy atom. The molecule has 0 unspecified atom stereocenters. The van der Waals surface area contributed by atoms with Crippen LogP contribution in [0, 0.1) is 6.92 Å². The van der Waals surface area contributed by atoms with E-state index in [9.17, 15) is 4.79 Å². The lowest BCUT2D eigenvalue weighted by molar-refractivity contribution is -0.125. The van der Waals surface area contributed by atoms with Crippen LogP contribution in [0.5, 0.6) is 0 Å². The quantitative estimate of drug-likeness (QED) is 0.605. The van der Waals surface area contributed by atoms with Gasteiger partial charge in [0.15, 0.2) is 11.0 Å². The molecule has 1 amide bonds. The van der Waals surface area contributed by atoms with Crippen molar-refractivity contribution in [3.8, 4) is 11.4 Å². The molecule has 0 aromatic carbocycles. The monoisotopic (exact) mass is 306 g/mol. The molecule has 2 aromatic heterocycles. The average molecular weight is 306 g/mol. The Hall–Kier alpha value is -2.02. The third-order valence-electron chi connectivity index (χ3n) is 2.95. The predicted octanol–water partition coefficient (Wildman–Crippen LogP) is 2.21. The highest BCUT2D eigenvalue weighted by Crippen LogP contribution is 2.27. The number of carbonyl (C=O) groups excluding carboxylic acids is 1. The second-order valence-electron chi connectivity index (χ2n) is 4.67. The van der Waals surface area contributed by atoms with Gasteiger partial charge in [0, 0.05) is 20.6 Å². The van der Waals surface area contributed by atoms with Crippen LogP contribution < -0.4 is 0 Å². The third-order valence-corrected chi connectivity index (χ3v) is 3.90. The fourth-order valence-electron chi connectivity index (χ4n) is 1.76. The molecule has 0 aliphatic rings. The molecular formula is C14H18N4O2S. The van der Waals surface area contributed by atoms with Gasteiger partial charge in [-0.2, -0.15) is 0 Å². The SMILES string of the molecule is C=CCn1c(SCC(=O)N(C)C)nnc1-c1ccoc1C. The van der Waals surface area contributed by atoms with Gasteiger partial charge in [-0.25, -0.2) is 0 Å². The molecule has 0 radical (unpaired) electrons. The van der Waals surface area contributed by atoms with Crippen molar-refractivity contribution < 1.29 is 9.21 Å². The van der Waals surface area contributed by atoms with Crippen molar-refractivity contribution in [2.45, 2.75) is 18.6 Å². The van der Waals surface area contributed by atoms with Crippen LogP contribution >= 0.6 is 11.8 Å². The van der Waals surface area contributed by atoms with Crippen LogP contribution in [0.3, 0.4) is 0 Å². The first-order valence-corrected chi connectivity index (χ1v) is 7.44. The molecule has 0 spiro atoms. The minimum Gasteiger partial charge on any atom is -0.469 e. The Kier molecular flexibility index (Phi) is 4.85. The summed E-state index contributed by atoms with van der Waals surface area (Å²) in [6, 6.07) is 1.86. The van der Waals surface area contributed by atoms with Crippen LogP contribution in [0.25, 0.3) is 11.4 Å². The topological polar surface area (TPSA) is 64.2 Å². The Balaban J connectivity index is 2.27. The molecule has 0 saturated heterocycles. The van der Waals surface area contributed by atoms with Gasteiger partial charge >= 0.3 is 0 Å². The van der Waals surface area contributed by atoms with Crippen LogP contribution in [0.2, 0.25) is 0 Å². The number of hydrogen-bond acceptors (Lipinski definition) is 5. The van der Waals surface area contributed by atoms with Crippen molar-refractivity contribution in [3.63, 3.8) is 0 Å². The summed E-state index contributed by atoms with van der Waals surface area (Å²) in [5.74, 6) is 1.87. The zero-order valence-electron chi connectivity index (χ0n) is 12.4. The first-order chi connectivity index (χ1) is 10.0. The first kappa shape index (κ1) is 15.4. The van der Waals surface area contributed by atoms with E-state index in [2.05, 4.69) is 16.8 Å². The molecule has 112 valence electrons. The van der Waals surface area contributed by atoms with E-state index < -0.39 is 0 Å². The second-order valence-corrected chi connectivity index (χ2v) is 5.62. The zero-order chi connectivity index (χ0) is 15.4. The normalized spacial score (nSPS) is 10.6. The van der Waals surface area contributed by atoms with Gasteiger partial charge in [0.1, 0.15) is 5.76 Å². The van der Waals surface area contributed by atoms with Crippen LogP contribution in [0.4, 0.5) is 0 Å². The number of furan rings is 1. The van der Waals surface area contributed by atoms with Gasteiger partial charge in [0.2, 0.25) is 5.91 Å². The molecule has 0 saturated carbocycles. The first-order valence-electron chi connectivity index (χ1n) is 6.46. The van der Waals surface area contributed by atoms with E-state index in [4.69, 9.17) is 4.42 Å². The molecule has 0 atom stereocenters. The van der Waals surface area contributed by atoms with Gasteiger partial charge in [-0.3, -0.25) is 9.36 Å². The van der Waals surface area contributed by atoms with Crippen molar-refractivity contribution in [1.29, 1.82) is 0 Å². The highest BCUT2D eigenvalue weighted by atomic mass is 32.2. The lowest BCUT2D eigenvalue weighted by atomic mass is 10.2. The van der Waals surface area contributed by atoms with Crippen molar-refractivity contribution >= 4 is 17.7 Å². The summed E-state index contributed by atoms with van der Waals surface area (Å²) >= 11 is 1.37. The van der Waals surface area contributed by atoms with Gasteiger partial charge in [0.25, 0.3) is 0 Å². The maximum absolute atomic E-state index is 11.7. The van der Waals surface area contributed by atoms with Crippen molar-refractivity contribution in [2.75, 3.05) is 19.8 Å². The summed E-state index contributed by atoms with van der Waals surface area (Å²) in [7, 11) is 3.47. The molecule has 0 aliphatic carbocycles. The molecular weight excluding hydrogens is 288 g/mol. The summed E-state index contributed by atoms with van der Waals surface area (Å²) in [6.07, 6.45) is 3.40. The van der Waals surface area contributed by atoms with E-state index in [-0.39, 0.29) is 5.91 Å². The van der Waals surface area contributed by atoms with E-state index in [1.807, 2.05) is 17.6 Å². The summed E-state index contributed by atoms with van der Waals surface area (Å²) in [5.41, 5.74) is 0.898. The summed E-state index contributed by atoms with van der Waals surface area (Å²) < 4.78 is 7.25. The molecule has 2 heterocycles. The number of nitrogens with zero attached hydrogens (tertiary/aromatic N) is 4. The number of thioether (sulfide) groups is 1. The third kappa shape index (κ3) is 3.36. The van der Waals surface area contributed by atoms with E-state index in [0.717, 1.165) is 17.1 Å². The van der Waals surface area contributed by atoms with Crippen LogP contribution in [0.15, 0.2) is 34.6 Å².